The third-order valence-electron chi connectivity index (χ3n) is 4.48. The number of rotatable bonds is 6. The first-order valence-electron chi connectivity index (χ1n) is 9.57. The first-order valence-corrected chi connectivity index (χ1v) is 9.98. The van der Waals surface area contributed by atoms with E-state index in [0.717, 1.165) is 5.75 Å². The van der Waals surface area contributed by atoms with E-state index in [2.05, 4.69) is 43.5 Å². The average Bonchev–Trinajstić information content (AvgIpc) is 2.69. The quantitative estimate of drug-likeness (QED) is 0.322. The van der Waals surface area contributed by atoms with Crippen molar-refractivity contribution >= 4 is 35.2 Å². The van der Waals surface area contributed by atoms with Gasteiger partial charge in [0, 0.05) is 0 Å². The van der Waals surface area contributed by atoms with Crippen LogP contribution in [0, 0.1) is 0 Å². The van der Waals surface area contributed by atoms with Crippen LogP contribution in [0.5, 0.6) is 11.5 Å². The number of amides is 2. The van der Waals surface area contributed by atoms with Crippen molar-refractivity contribution < 1.29 is 19.1 Å². The van der Waals surface area contributed by atoms with Gasteiger partial charge in [0.25, 0.3) is 11.8 Å². The Balaban J connectivity index is 1.49. The molecule has 0 unspecified atom stereocenters. The van der Waals surface area contributed by atoms with Gasteiger partial charge in [-0.2, -0.15) is 0 Å². The molecule has 2 aromatic rings. The minimum atomic E-state index is -0.517. The summed E-state index contributed by atoms with van der Waals surface area (Å²) in [6.07, 6.45) is 1.50. The maximum atomic E-state index is 11.9. The van der Waals surface area contributed by atoms with E-state index in [0.29, 0.717) is 24.5 Å². The summed E-state index contributed by atoms with van der Waals surface area (Å²) in [5, 5.41) is 4.82. The van der Waals surface area contributed by atoms with E-state index in [4.69, 9.17) is 21.7 Å². The summed E-state index contributed by atoms with van der Waals surface area (Å²) in [5.74, 6) is 0.438. The average molecular weight is 425 g/mol. The summed E-state index contributed by atoms with van der Waals surface area (Å²) in [7, 11) is 0. The molecule has 2 N–H and O–H groups in total. The van der Waals surface area contributed by atoms with Crippen LogP contribution in [-0.2, 0) is 15.0 Å². The number of benzene rings is 2. The number of hydrogen-bond acceptors (Lipinski definition) is 5. The van der Waals surface area contributed by atoms with Gasteiger partial charge in [0.1, 0.15) is 30.3 Å². The zero-order valence-corrected chi connectivity index (χ0v) is 18.0. The molecule has 0 aromatic heterocycles. The fourth-order valence-corrected chi connectivity index (χ4v) is 2.99. The van der Waals surface area contributed by atoms with E-state index in [-0.39, 0.29) is 16.1 Å². The molecule has 0 spiro atoms. The number of nitrogens with one attached hydrogen (secondary N) is 2. The smallest absolute Gasteiger partial charge is 0.263 e. The minimum Gasteiger partial charge on any atom is -0.490 e. The first kappa shape index (κ1) is 21.5. The lowest BCUT2D eigenvalue weighted by molar-refractivity contribution is -0.123. The fourth-order valence-electron chi connectivity index (χ4n) is 2.80. The second kappa shape index (κ2) is 9.09. The van der Waals surface area contributed by atoms with E-state index in [1.165, 1.54) is 11.6 Å². The molecule has 0 bridgehead atoms. The summed E-state index contributed by atoms with van der Waals surface area (Å²) in [4.78, 5) is 23.8. The van der Waals surface area contributed by atoms with Crippen molar-refractivity contribution in [1.82, 2.24) is 10.6 Å². The lowest BCUT2D eigenvalue weighted by atomic mass is 9.87. The molecule has 1 fully saturated rings. The maximum Gasteiger partial charge on any atom is 0.263 e. The van der Waals surface area contributed by atoms with Crippen LogP contribution in [-0.4, -0.2) is 30.1 Å². The molecule has 1 saturated heterocycles. The molecule has 1 aliphatic rings. The molecule has 0 radical (unpaired) electrons. The Morgan fingerprint density at radius 3 is 1.77 bits per heavy atom. The van der Waals surface area contributed by atoms with E-state index < -0.39 is 11.8 Å². The van der Waals surface area contributed by atoms with Crippen LogP contribution < -0.4 is 20.1 Å². The Morgan fingerprint density at radius 1 is 0.833 bits per heavy atom. The van der Waals surface area contributed by atoms with Gasteiger partial charge >= 0.3 is 0 Å². The number of carbonyl (C=O) groups is 2. The van der Waals surface area contributed by atoms with E-state index in [1.54, 1.807) is 24.3 Å². The summed E-state index contributed by atoms with van der Waals surface area (Å²) in [5.41, 5.74) is 2.07. The molecule has 0 aliphatic carbocycles. The van der Waals surface area contributed by atoms with Crippen LogP contribution in [0.3, 0.4) is 0 Å². The molecule has 7 heteroatoms. The number of hydrogen-bond donors (Lipinski definition) is 2. The van der Waals surface area contributed by atoms with Crippen LogP contribution in [0.15, 0.2) is 54.1 Å². The second-order valence-electron chi connectivity index (χ2n) is 7.84. The Bertz CT molecular complexity index is 952. The van der Waals surface area contributed by atoms with E-state index in [1.807, 2.05) is 12.1 Å². The maximum absolute atomic E-state index is 11.9. The monoisotopic (exact) mass is 424 g/mol. The molecular formula is C23H24N2O4S. The van der Waals surface area contributed by atoms with Crippen molar-refractivity contribution in [2.24, 2.45) is 0 Å². The summed E-state index contributed by atoms with van der Waals surface area (Å²) in [6, 6.07) is 15.2. The van der Waals surface area contributed by atoms with Gasteiger partial charge < -0.3 is 9.47 Å². The van der Waals surface area contributed by atoms with E-state index >= 15 is 0 Å². The van der Waals surface area contributed by atoms with Crippen molar-refractivity contribution in [1.29, 1.82) is 0 Å². The van der Waals surface area contributed by atoms with Crippen LogP contribution in [0.2, 0.25) is 0 Å². The topological polar surface area (TPSA) is 76.7 Å². The summed E-state index contributed by atoms with van der Waals surface area (Å²) >= 11 is 4.78. The molecule has 30 heavy (non-hydrogen) atoms. The minimum absolute atomic E-state index is 0.00291. The zero-order valence-electron chi connectivity index (χ0n) is 17.2. The van der Waals surface area contributed by atoms with Crippen molar-refractivity contribution in [2.75, 3.05) is 13.2 Å². The van der Waals surface area contributed by atoms with Crippen LogP contribution in [0.1, 0.15) is 31.9 Å². The lowest BCUT2D eigenvalue weighted by Crippen LogP contribution is -2.51. The van der Waals surface area contributed by atoms with Crippen molar-refractivity contribution in [3.05, 3.63) is 65.2 Å². The molecule has 0 atom stereocenters. The largest absolute Gasteiger partial charge is 0.490 e. The van der Waals surface area contributed by atoms with Gasteiger partial charge in [-0.25, -0.2) is 0 Å². The van der Waals surface area contributed by atoms with Crippen LogP contribution in [0.25, 0.3) is 6.08 Å². The molecule has 6 nitrogen and oxygen atoms in total. The third kappa shape index (κ3) is 5.67. The predicted molar refractivity (Wildman–Crippen MR) is 119 cm³/mol. The van der Waals surface area contributed by atoms with Gasteiger partial charge in [-0.3, -0.25) is 20.2 Å². The van der Waals surface area contributed by atoms with Crippen LogP contribution in [0.4, 0.5) is 0 Å². The van der Waals surface area contributed by atoms with Crippen molar-refractivity contribution in [3.63, 3.8) is 0 Å². The normalized spacial score (nSPS) is 14.1. The van der Waals surface area contributed by atoms with Crippen LogP contribution >= 0.6 is 12.2 Å². The molecule has 1 heterocycles. The molecular weight excluding hydrogens is 400 g/mol. The van der Waals surface area contributed by atoms with Gasteiger partial charge in [0.2, 0.25) is 0 Å². The number of carbonyl (C=O) groups excluding carboxylic acids is 2. The molecule has 0 saturated carbocycles. The van der Waals surface area contributed by atoms with E-state index in [9.17, 15) is 9.59 Å². The number of thiocarbonyl (C=S) groups is 1. The van der Waals surface area contributed by atoms with Gasteiger partial charge in [-0.15, -0.1) is 0 Å². The molecule has 1 aliphatic heterocycles. The first-order chi connectivity index (χ1) is 14.2. The highest BCUT2D eigenvalue weighted by molar-refractivity contribution is 7.80. The Kier molecular flexibility index (Phi) is 6.52. The van der Waals surface area contributed by atoms with Gasteiger partial charge in [0.15, 0.2) is 5.11 Å². The lowest BCUT2D eigenvalue weighted by Gasteiger charge is -2.19. The highest BCUT2D eigenvalue weighted by Gasteiger charge is 2.25. The fraction of sp³-hybridized carbons (Fsp3) is 0.261. The SMILES string of the molecule is CC(C)(C)c1ccc(OCCOc2ccc(C=C3C(=O)NC(=S)NC3=O)cc2)cc1. The van der Waals surface area contributed by atoms with Crippen molar-refractivity contribution in [3.8, 4) is 11.5 Å². The zero-order chi connectivity index (χ0) is 21.7. The Labute approximate surface area is 181 Å². The molecule has 3 rings (SSSR count). The number of ether oxygens (including phenoxy) is 2. The standard InChI is InChI=1S/C23H24N2O4S/c1-23(2,3)16-6-10-18(11-7-16)29-13-12-28-17-8-4-15(5-9-17)14-19-20(26)24-22(30)25-21(19)27/h4-11,14H,12-13H2,1-3H3,(H2,24,25,26,27,30). The highest BCUT2D eigenvalue weighted by Crippen LogP contribution is 2.24. The molecule has 2 amide bonds. The van der Waals surface area contributed by atoms with Crippen molar-refractivity contribution in [2.45, 2.75) is 26.2 Å². The second-order valence-corrected chi connectivity index (χ2v) is 8.24. The molecule has 2 aromatic carbocycles. The summed E-state index contributed by atoms with van der Waals surface area (Å²) < 4.78 is 11.4. The highest BCUT2D eigenvalue weighted by atomic mass is 32.1. The van der Waals surface area contributed by atoms with Gasteiger partial charge in [0.05, 0.1) is 0 Å². The van der Waals surface area contributed by atoms with Gasteiger partial charge in [-0.05, 0) is 59.1 Å². The van der Waals surface area contributed by atoms with Gasteiger partial charge in [-0.1, -0.05) is 45.0 Å². The summed E-state index contributed by atoms with van der Waals surface area (Å²) in [6.45, 7) is 7.33. The Hall–Kier alpha value is -3.19. The molecule has 156 valence electrons. The third-order valence-corrected chi connectivity index (χ3v) is 4.68. The predicted octanol–water partition coefficient (Wildman–Crippen LogP) is 3.36. The Morgan fingerprint density at radius 2 is 1.30 bits per heavy atom.